The highest BCUT2D eigenvalue weighted by Crippen LogP contribution is 2.37. The molecule has 0 bridgehead atoms. The van der Waals surface area contributed by atoms with E-state index in [4.69, 9.17) is 14.0 Å². The van der Waals surface area contributed by atoms with E-state index in [9.17, 15) is 0 Å². The second kappa shape index (κ2) is 6.66. The molecular formula is C22H28BNO3. The van der Waals surface area contributed by atoms with Gasteiger partial charge in [0.05, 0.1) is 18.3 Å². The molecule has 0 saturated carbocycles. The van der Waals surface area contributed by atoms with E-state index in [0.29, 0.717) is 0 Å². The van der Waals surface area contributed by atoms with Crippen LogP contribution in [0, 0.1) is 0 Å². The molecule has 5 heteroatoms. The highest BCUT2D eigenvalue weighted by molar-refractivity contribution is 6.62. The molecule has 4 nitrogen and oxygen atoms in total. The molecule has 2 aliphatic rings. The van der Waals surface area contributed by atoms with Crippen LogP contribution in [-0.4, -0.2) is 30.3 Å². The van der Waals surface area contributed by atoms with Gasteiger partial charge in [0, 0.05) is 25.2 Å². The van der Waals surface area contributed by atoms with Crippen LogP contribution in [0.4, 0.5) is 0 Å². The highest BCUT2D eigenvalue weighted by atomic mass is 16.7. The van der Waals surface area contributed by atoms with Gasteiger partial charge in [-0.3, -0.25) is 4.90 Å². The summed E-state index contributed by atoms with van der Waals surface area (Å²) in [6, 6.07) is 14.9. The van der Waals surface area contributed by atoms with E-state index in [1.54, 1.807) is 7.11 Å². The summed E-state index contributed by atoms with van der Waals surface area (Å²) in [5.41, 5.74) is 4.36. The van der Waals surface area contributed by atoms with Crippen molar-refractivity contribution >= 4 is 12.6 Å². The molecule has 2 aliphatic heterocycles. The Labute approximate surface area is 162 Å². The van der Waals surface area contributed by atoms with Crippen molar-refractivity contribution in [2.75, 3.05) is 7.11 Å². The largest absolute Gasteiger partial charge is 0.496 e. The topological polar surface area (TPSA) is 30.9 Å². The zero-order valence-corrected chi connectivity index (χ0v) is 16.9. The van der Waals surface area contributed by atoms with Crippen LogP contribution in [-0.2, 0) is 28.9 Å². The third-order valence-corrected chi connectivity index (χ3v) is 6.13. The summed E-state index contributed by atoms with van der Waals surface area (Å²) >= 11 is 0. The van der Waals surface area contributed by atoms with E-state index in [0.717, 1.165) is 36.4 Å². The van der Waals surface area contributed by atoms with E-state index in [1.807, 2.05) is 12.1 Å². The second-order valence-corrected chi connectivity index (χ2v) is 8.57. The van der Waals surface area contributed by atoms with E-state index in [1.165, 1.54) is 11.1 Å². The molecule has 0 amide bonds. The lowest BCUT2D eigenvalue weighted by Crippen LogP contribution is -2.41. The van der Waals surface area contributed by atoms with Crippen molar-refractivity contribution in [2.24, 2.45) is 0 Å². The maximum Gasteiger partial charge on any atom is 0.494 e. The minimum absolute atomic E-state index is 0.339. The van der Waals surface area contributed by atoms with Gasteiger partial charge < -0.3 is 14.0 Å². The maximum absolute atomic E-state index is 6.22. The monoisotopic (exact) mass is 365 g/mol. The number of fused-ring (bicyclic) bond motifs is 1. The van der Waals surface area contributed by atoms with Crippen LogP contribution in [0.25, 0.3) is 0 Å². The van der Waals surface area contributed by atoms with Gasteiger partial charge in [0.25, 0.3) is 0 Å². The van der Waals surface area contributed by atoms with E-state index in [2.05, 4.69) is 62.9 Å². The minimum Gasteiger partial charge on any atom is -0.496 e. The van der Waals surface area contributed by atoms with Crippen LogP contribution in [0.15, 0.2) is 42.5 Å². The first-order valence-electron chi connectivity index (χ1n) is 9.61. The Morgan fingerprint density at radius 3 is 2.11 bits per heavy atom. The minimum atomic E-state index is -0.351. The molecule has 0 spiro atoms. The molecule has 1 fully saturated rings. The molecule has 2 aromatic carbocycles. The SMILES string of the molecule is COc1ccc(B2OC(C)(C)C(C)(C)O2)cc1CN1Cc2ccccc2C1. The summed E-state index contributed by atoms with van der Waals surface area (Å²) in [5.74, 6) is 0.909. The Balaban J connectivity index is 1.56. The number of rotatable bonds is 4. The summed E-state index contributed by atoms with van der Waals surface area (Å²) in [6.07, 6.45) is 0. The van der Waals surface area contributed by atoms with Gasteiger partial charge in [0.1, 0.15) is 5.75 Å². The standard InChI is InChI=1S/C22H28BNO3/c1-21(2)22(3,4)27-23(26-21)19-10-11-20(25-5)18(12-19)15-24-13-16-8-6-7-9-17(16)14-24/h6-12H,13-15H2,1-5H3. The number of methoxy groups -OCH3 is 1. The van der Waals surface area contributed by atoms with E-state index < -0.39 is 0 Å². The Hall–Kier alpha value is -1.82. The summed E-state index contributed by atoms with van der Waals surface area (Å²) in [5, 5.41) is 0. The van der Waals surface area contributed by atoms with Crippen molar-refractivity contribution in [3.63, 3.8) is 0 Å². The zero-order valence-electron chi connectivity index (χ0n) is 16.9. The van der Waals surface area contributed by atoms with E-state index in [-0.39, 0.29) is 18.3 Å². The van der Waals surface area contributed by atoms with Crippen LogP contribution >= 0.6 is 0 Å². The van der Waals surface area contributed by atoms with Gasteiger partial charge in [-0.2, -0.15) is 0 Å². The first-order chi connectivity index (χ1) is 12.8. The molecule has 0 atom stereocenters. The van der Waals surface area contributed by atoms with Gasteiger partial charge in [0.2, 0.25) is 0 Å². The van der Waals surface area contributed by atoms with Crippen molar-refractivity contribution in [3.05, 3.63) is 59.2 Å². The molecule has 0 aromatic heterocycles. The number of benzene rings is 2. The highest BCUT2D eigenvalue weighted by Gasteiger charge is 2.51. The molecule has 27 heavy (non-hydrogen) atoms. The first kappa shape index (κ1) is 18.5. The quantitative estimate of drug-likeness (QED) is 0.776. The second-order valence-electron chi connectivity index (χ2n) is 8.57. The fourth-order valence-electron chi connectivity index (χ4n) is 3.80. The molecule has 142 valence electrons. The molecule has 0 unspecified atom stereocenters. The van der Waals surface area contributed by atoms with E-state index >= 15 is 0 Å². The molecule has 2 heterocycles. The summed E-state index contributed by atoms with van der Waals surface area (Å²) in [4.78, 5) is 2.44. The lowest BCUT2D eigenvalue weighted by molar-refractivity contribution is 0.00578. The number of ether oxygens (including phenoxy) is 1. The van der Waals surface area contributed by atoms with Gasteiger partial charge in [-0.1, -0.05) is 36.4 Å². The Bertz CT molecular complexity index is 808. The van der Waals surface area contributed by atoms with Crippen LogP contribution in [0.5, 0.6) is 5.75 Å². The van der Waals surface area contributed by atoms with Gasteiger partial charge in [-0.05, 0) is 50.4 Å². The summed E-state index contributed by atoms with van der Waals surface area (Å²) in [7, 11) is 1.38. The Kier molecular flexibility index (Phi) is 4.57. The van der Waals surface area contributed by atoms with Crippen LogP contribution < -0.4 is 10.2 Å². The molecule has 1 saturated heterocycles. The molecule has 0 N–H and O–H groups in total. The predicted octanol–water partition coefficient (Wildman–Crippen LogP) is 3.51. The first-order valence-corrected chi connectivity index (χ1v) is 9.61. The smallest absolute Gasteiger partial charge is 0.494 e. The predicted molar refractivity (Wildman–Crippen MR) is 108 cm³/mol. The van der Waals surface area contributed by atoms with Crippen LogP contribution in [0.2, 0.25) is 0 Å². The average molecular weight is 365 g/mol. The Morgan fingerprint density at radius 2 is 1.56 bits per heavy atom. The normalized spacial score (nSPS) is 20.7. The van der Waals surface area contributed by atoms with Gasteiger partial charge in [0.15, 0.2) is 0 Å². The lowest BCUT2D eigenvalue weighted by atomic mass is 9.78. The third kappa shape index (κ3) is 3.40. The number of hydrogen-bond donors (Lipinski definition) is 0. The number of hydrogen-bond acceptors (Lipinski definition) is 4. The van der Waals surface area contributed by atoms with Gasteiger partial charge in [-0.25, -0.2) is 0 Å². The average Bonchev–Trinajstić information content (AvgIpc) is 3.11. The molecule has 2 aromatic rings. The molecular weight excluding hydrogens is 337 g/mol. The molecule has 4 rings (SSSR count). The zero-order chi connectivity index (χ0) is 19.2. The van der Waals surface area contributed by atoms with Gasteiger partial charge in [-0.15, -0.1) is 0 Å². The van der Waals surface area contributed by atoms with Crippen molar-refractivity contribution < 1.29 is 14.0 Å². The van der Waals surface area contributed by atoms with Crippen molar-refractivity contribution in [1.82, 2.24) is 4.90 Å². The molecule has 0 radical (unpaired) electrons. The summed E-state index contributed by atoms with van der Waals surface area (Å²) in [6.45, 7) is 11.1. The number of nitrogens with zero attached hydrogens (tertiary/aromatic N) is 1. The Morgan fingerprint density at radius 1 is 0.963 bits per heavy atom. The fourth-order valence-corrected chi connectivity index (χ4v) is 3.80. The summed E-state index contributed by atoms with van der Waals surface area (Å²) < 4.78 is 18.1. The third-order valence-electron chi connectivity index (χ3n) is 6.13. The van der Waals surface area contributed by atoms with Crippen LogP contribution in [0.3, 0.4) is 0 Å². The van der Waals surface area contributed by atoms with Crippen molar-refractivity contribution in [2.45, 2.75) is 58.5 Å². The van der Waals surface area contributed by atoms with Gasteiger partial charge >= 0.3 is 7.12 Å². The molecule has 0 aliphatic carbocycles. The van der Waals surface area contributed by atoms with Crippen molar-refractivity contribution in [3.8, 4) is 5.75 Å². The lowest BCUT2D eigenvalue weighted by Gasteiger charge is -2.32. The fraction of sp³-hybridized carbons (Fsp3) is 0.455. The maximum atomic E-state index is 6.22. The van der Waals surface area contributed by atoms with Crippen molar-refractivity contribution in [1.29, 1.82) is 0 Å². The van der Waals surface area contributed by atoms with Crippen LogP contribution in [0.1, 0.15) is 44.4 Å².